The number of hydrogen-bond donors (Lipinski definition) is 0. The van der Waals surface area contributed by atoms with E-state index in [1.807, 2.05) is 26.0 Å². The molecule has 0 unspecified atom stereocenters. The van der Waals surface area contributed by atoms with Crippen LogP contribution in [0.1, 0.15) is 34.4 Å². The van der Waals surface area contributed by atoms with Gasteiger partial charge in [-0.15, -0.1) is 0 Å². The highest BCUT2D eigenvalue weighted by Crippen LogP contribution is 2.21. The van der Waals surface area contributed by atoms with Crippen LogP contribution in [0.5, 0.6) is 0 Å². The molecule has 0 aliphatic carbocycles. The summed E-state index contributed by atoms with van der Waals surface area (Å²) in [5.41, 5.74) is 2.96. The van der Waals surface area contributed by atoms with E-state index in [1.165, 1.54) is 0 Å². The molecule has 100 valence electrons. The molecule has 2 aromatic heterocycles. The number of aromatic nitrogens is 3. The molecule has 5 heteroatoms. The van der Waals surface area contributed by atoms with Crippen molar-refractivity contribution in [3.05, 3.63) is 46.0 Å². The van der Waals surface area contributed by atoms with Crippen LogP contribution in [-0.2, 0) is 19.9 Å². The summed E-state index contributed by atoms with van der Waals surface area (Å²) in [6, 6.07) is 3.77. The van der Waals surface area contributed by atoms with Gasteiger partial charge in [-0.2, -0.15) is 5.10 Å². The molecule has 0 atom stereocenters. The minimum Gasteiger partial charge on any atom is -0.292 e. The van der Waals surface area contributed by atoms with E-state index in [-0.39, 0.29) is 12.2 Å². The molecular formula is C14H16ClN3O. The Morgan fingerprint density at radius 1 is 1.47 bits per heavy atom. The summed E-state index contributed by atoms with van der Waals surface area (Å²) < 4.78 is 1.66. The molecule has 2 aromatic rings. The van der Waals surface area contributed by atoms with Crippen molar-refractivity contribution in [2.24, 2.45) is 7.05 Å². The minimum atomic E-state index is -0.0256. The van der Waals surface area contributed by atoms with E-state index in [9.17, 15) is 4.79 Å². The van der Waals surface area contributed by atoms with Gasteiger partial charge in [0.2, 0.25) is 0 Å². The zero-order valence-electron chi connectivity index (χ0n) is 11.3. The number of carbonyl (C=O) groups excluding carboxylic acids is 1. The molecule has 0 fully saturated rings. The minimum absolute atomic E-state index is 0.0256. The molecule has 0 saturated carbocycles. The maximum Gasteiger partial charge on any atom is 0.187 e. The van der Waals surface area contributed by atoms with Crippen molar-refractivity contribution in [2.45, 2.75) is 26.7 Å². The van der Waals surface area contributed by atoms with Gasteiger partial charge in [-0.3, -0.25) is 14.5 Å². The van der Waals surface area contributed by atoms with E-state index < -0.39 is 0 Å². The molecule has 2 heterocycles. The highest BCUT2D eigenvalue weighted by atomic mass is 35.5. The molecule has 0 saturated heterocycles. The molecule has 0 aliphatic rings. The number of ketones is 1. The highest BCUT2D eigenvalue weighted by Gasteiger charge is 2.18. The van der Waals surface area contributed by atoms with E-state index in [4.69, 9.17) is 11.6 Å². The van der Waals surface area contributed by atoms with Crippen LogP contribution in [-0.4, -0.2) is 20.5 Å². The Bertz CT molecular complexity index is 619. The number of carbonyl (C=O) groups is 1. The van der Waals surface area contributed by atoms with Crippen LogP contribution in [0.15, 0.2) is 18.3 Å². The average molecular weight is 278 g/mol. The number of pyridine rings is 1. The van der Waals surface area contributed by atoms with Gasteiger partial charge in [-0.1, -0.05) is 24.6 Å². The maximum absolute atomic E-state index is 12.3. The summed E-state index contributed by atoms with van der Waals surface area (Å²) in [5, 5.41) is 4.77. The van der Waals surface area contributed by atoms with Gasteiger partial charge in [0, 0.05) is 13.2 Å². The normalized spacial score (nSPS) is 10.7. The van der Waals surface area contributed by atoms with Gasteiger partial charge in [-0.25, -0.2) is 0 Å². The van der Waals surface area contributed by atoms with Crippen LogP contribution >= 0.6 is 11.6 Å². The predicted molar refractivity (Wildman–Crippen MR) is 74.6 cm³/mol. The predicted octanol–water partition coefficient (Wildman–Crippen LogP) is 2.76. The van der Waals surface area contributed by atoms with Crippen molar-refractivity contribution in [3.63, 3.8) is 0 Å². The fourth-order valence-electron chi connectivity index (χ4n) is 2.08. The van der Waals surface area contributed by atoms with Crippen molar-refractivity contribution in [1.82, 2.24) is 14.8 Å². The van der Waals surface area contributed by atoms with E-state index in [1.54, 1.807) is 17.9 Å². The summed E-state index contributed by atoms with van der Waals surface area (Å²) >= 11 is 6.16. The molecule has 19 heavy (non-hydrogen) atoms. The summed E-state index contributed by atoms with van der Waals surface area (Å²) in [6.07, 6.45) is 2.65. The van der Waals surface area contributed by atoms with Crippen LogP contribution in [0, 0.1) is 6.92 Å². The SMILES string of the molecule is CCc1cccnc1C(=O)Cc1c(Cl)c(C)nn1C. The molecule has 0 aromatic carbocycles. The summed E-state index contributed by atoms with van der Waals surface area (Å²) in [7, 11) is 1.79. The Hall–Kier alpha value is -1.68. The monoisotopic (exact) mass is 277 g/mol. The lowest BCUT2D eigenvalue weighted by Gasteiger charge is -2.06. The lowest BCUT2D eigenvalue weighted by Crippen LogP contribution is -2.12. The van der Waals surface area contributed by atoms with Crippen LogP contribution in [0.3, 0.4) is 0 Å². The topological polar surface area (TPSA) is 47.8 Å². The van der Waals surface area contributed by atoms with Gasteiger partial charge in [-0.05, 0) is 25.0 Å². The van der Waals surface area contributed by atoms with Gasteiger partial charge < -0.3 is 0 Å². The highest BCUT2D eigenvalue weighted by molar-refractivity contribution is 6.32. The van der Waals surface area contributed by atoms with Crippen LogP contribution < -0.4 is 0 Å². The second-order valence-electron chi connectivity index (χ2n) is 4.43. The number of hydrogen-bond acceptors (Lipinski definition) is 3. The summed E-state index contributed by atoms with van der Waals surface area (Å²) in [4.78, 5) is 16.5. The maximum atomic E-state index is 12.3. The molecule has 0 spiro atoms. The van der Waals surface area contributed by atoms with E-state index in [0.717, 1.165) is 23.4 Å². The zero-order chi connectivity index (χ0) is 14.0. The van der Waals surface area contributed by atoms with Gasteiger partial charge in [0.25, 0.3) is 0 Å². The third kappa shape index (κ3) is 2.68. The number of rotatable bonds is 4. The second kappa shape index (κ2) is 5.53. The lowest BCUT2D eigenvalue weighted by atomic mass is 10.0. The van der Waals surface area contributed by atoms with Crippen LogP contribution in [0.25, 0.3) is 0 Å². The molecule has 0 bridgehead atoms. The largest absolute Gasteiger partial charge is 0.292 e. The summed E-state index contributed by atoms with van der Waals surface area (Å²) in [6.45, 7) is 3.84. The third-order valence-corrected chi connectivity index (χ3v) is 3.62. The first kappa shape index (κ1) is 13.7. The van der Waals surface area contributed by atoms with Crippen molar-refractivity contribution in [1.29, 1.82) is 0 Å². The number of halogens is 1. The Morgan fingerprint density at radius 3 is 2.79 bits per heavy atom. The van der Waals surface area contributed by atoms with Gasteiger partial charge in [0.05, 0.1) is 22.8 Å². The second-order valence-corrected chi connectivity index (χ2v) is 4.81. The Morgan fingerprint density at radius 2 is 2.21 bits per heavy atom. The lowest BCUT2D eigenvalue weighted by molar-refractivity contribution is 0.0985. The first-order valence-corrected chi connectivity index (χ1v) is 6.57. The van der Waals surface area contributed by atoms with E-state index >= 15 is 0 Å². The van der Waals surface area contributed by atoms with E-state index in [0.29, 0.717) is 10.7 Å². The quantitative estimate of drug-likeness (QED) is 0.808. The van der Waals surface area contributed by atoms with Crippen molar-refractivity contribution < 1.29 is 4.79 Å². The smallest absolute Gasteiger partial charge is 0.187 e. The van der Waals surface area contributed by atoms with Crippen LogP contribution in [0.2, 0.25) is 5.02 Å². The average Bonchev–Trinajstić information content (AvgIpc) is 2.65. The standard InChI is InChI=1S/C14H16ClN3O/c1-4-10-6-5-7-16-14(10)12(19)8-11-13(15)9(2)17-18(11)3/h5-7H,4,8H2,1-3H3. The van der Waals surface area contributed by atoms with E-state index in [2.05, 4.69) is 10.1 Å². The third-order valence-electron chi connectivity index (χ3n) is 3.13. The molecule has 0 radical (unpaired) electrons. The van der Waals surface area contributed by atoms with Crippen molar-refractivity contribution >= 4 is 17.4 Å². The Kier molecular flexibility index (Phi) is 4.00. The first-order chi connectivity index (χ1) is 9.04. The number of aryl methyl sites for hydroxylation is 3. The molecule has 2 rings (SSSR count). The summed E-state index contributed by atoms with van der Waals surface area (Å²) in [5.74, 6) is -0.0256. The number of Topliss-reactive ketones (excluding diaryl/α,β-unsaturated/α-hetero) is 1. The fourth-order valence-corrected chi connectivity index (χ4v) is 2.31. The first-order valence-electron chi connectivity index (χ1n) is 6.19. The van der Waals surface area contributed by atoms with Crippen LogP contribution in [0.4, 0.5) is 0 Å². The Labute approximate surface area is 117 Å². The van der Waals surface area contributed by atoms with Gasteiger partial charge in [0.15, 0.2) is 5.78 Å². The fraction of sp³-hybridized carbons (Fsp3) is 0.357. The van der Waals surface area contributed by atoms with Crippen molar-refractivity contribution in [3.8, 4) is 0 Å². The van der Waals surface area contributed by atoms with Gasteiger partial charge in [0.1, 0.15) is 5.69 Å². The zero-order valence-corrected chi connectivity index (χ0v) is 12.0. The molecule has 0 aliphatic heterocycles. The van der Waals surface area contributed by atoms with Crippen molar-refractivity contribution in [2.75, 3.05) is 0 Å². The van der Waals surface area contributed by atoms with Gasteiger partial charge >= 0.3 is 0 Å². The number of nitrogens with zero attached hydrogens (tertiary/aromatic N) is 3. The molecule has 0 N–H and O–H groups in total. The Balaban J connectivity index is 2.31. The molecule has 4 nitrogen and oxygen atoms in total. The molecular weight excluding hydrogens is 262 g/mol. The molecule has 0 amide bonds.